The molecule has 6 nitrogen and oxygen atoms in total. The maximum Gasteiger partial charge on any atom is 0.111 e. The summed E-state index contributed by atoms with van der Waals surface area (Å²) in [5, 5.41) is 17.3. The molecule has 1 unspecified atom stereocenters. The molecule has 1 N–H and O–H groups in total. The molecule has 1 aliphatic rings. The summed E-state index contributed by atoms with van der Waals surface area (Å²) in [4.78, 5) is 0. The first-order chi connectivity index (χ1) is 8.35. The van der Waals surface area contributed by atoms with Gasteiger partial charge in [-0.05, 0) is 12.8 Å². The minimum Gasteiger partial charge on any atom is -0.390 e. The van der Waals surface area contributed by atoms with Crippen LogP contribution in [0.1, 0.15) is 24.2 Å². The Kier molecular flexibility index (Phi) is 4.47. The highest BCUT2D eigenvalue weighted by Crippen LogP contribution is 2.16. The van der Waals surface area contributed by atoms with Crippen molar-refractivity contribution in [2.24, 2.45) is 0 Å². The van der Waals surface area contributed by atoms with Gasteiger partial charge in [0.25, 0.3) is 0 Å². The zero-order chi connectivity index (χ0) is 12.1. The van der Waals surface area contributed by atoms with Crippen LogP contribution < -0.4 is 0 Å². The van der Waals surface area contributed by atoms with Crippen LogP contribution in [0.4, 0.5) is 0 Å². The lowest BCUT2D eigenvalue weighted by molar-refractivity contribution is 0.0922. The van der Waals surface area contributed by atoms with Crippen LogP contribution in [0.3, 0.4) is 0 Å². The van der Waals surface area contributed by atoms with Crippen molar-refractivity contribution < 1.29 is 14.6 Å². The average molecular weight is 241 g/mol. The topological polar surface area (TPSA) is 69.4 Å². The van der Waals surface area contributed by atoms with Gasteiger partial charge in [-0.1, -0.05) is 5.21 Å². The number of rotatable bonds is 6. The Labute approximate surface area is 101 Å². The largest absolute Gasteiger partial charge is 0.390 e. The second kappa shape index (κ2) is 6.09. The van der Waals surface area contributed by atoms with Crippen molar-refractivity contribution in [2.75, 3.05) is 20.3 Å². The van der Waals surface area contributed by atoms with Crippen LogP contribution in [-0.4, -0.2) is 46.5 Å². The summed E-state index contributed by atoms with van der Waals surface area (Å²) in [5.41, 5.74) is 1.59. The summed E-state index contributed by atoms with van der Waals surface area (Å²) < 4.78 is 12.5. The lowest BCUT2D eigenvalue weighted by Gasteiger charge is -2.11. The van der Waals surface area contributed by atoms with Gasteiger partial charge in [-0.15, -0.1) is 5.10 Å². The first-order valence-corrected chi connectivity index (χ1v) is 5.97. The Morgan fingerprint density at radius 2 is 2.47 bits per heavy atom. The molecular formula is C11H19N3O3. The fourth-order valence-corrected chi connectivity index (χ4v) is 2.09. The van der Waals surface area contributed by atoms with Crippen molar-refractivity contribution in [2.45, 2.75) is 38.5 Å². The zero-order valence-corrected chi connectivity index (χ0v) is 10.1. The van der Waals surface area contributed by atoms with E-state index >= 15 is 0 Å². The van der Waals surface area contributed by atoms with Crippen LogP contribution in [0.2, 0.25) is 0 Å². The molecule has 2 heterocycles. The van der Waals surface area contributed by atoms with E-state index < -0.39 is 0 Å². The molecule has 0 saturated carbocycles. The van der Waals surface area contributed by atoms with Crippen molar-refractivity contribution in [1.82, 2.24) is 15.0 Å². The van der Waals surface area contributed by atoms with Gasteiger partial charge in [-0.3, -0.25) is 0 Å². The quantitative estimate of drug-likeness (QED) is 0.767. The number of nitrogens with zero attached hydrogens (tertiary/aromatic N) is 3. The third kappa shape index (κ3) is 3.02. The van der Waals surface area contributed by atoms with E-state index in [2.05, 4.69) is 10.3 Å². The van der Waals surface area contributed by atoms with Crippen molar-refractivity contribution in [3.8, 4) is 0 Å². The molecular weight excluding hydrogens is 222 g/mol. The van der Waals surface area contributed by atoms with E-state index in [9.17, 15) is 5.11 Å². The van der Waals surface area contributed by atoms with Crippen molar-refractivity contribution in [3.05, 3.63) is 11.4 Å². The van der Waals surface area contributed by atoms with Gasteiger partial charge in [-0.2, -0.15) is 0 Å². The lowest BCUT2D eigenvalue weighted by Crippen LogP contribution is -2.19. The molecule has 2 rings (SSSR count). The molecule has 96 valence electrons. The summed E-state index contributed by atoms with van der Waals surface area (Å²) in [5.74, 6) is 0. The predicted molar refractivity (Wildman–Crippen MR) is 60.5 cm³/mol. The summed E-state index contributed by atoms with van der Waals surface area (Å²) >= 11 is 0. The normalized spacial score (nSPS) is 20.0. The Bertz CT molecular complexity index is 348. The SMILES string of the molecule is COCCc1c(CO)nnn1CC1CCCO1. The van der Waals surface area contributed by atoms with E-state index in [-0.39, 0.29) is 12.7 Å². The Hall–Kier alpha value is -0.980. The van der Waals surface area contributed by atoms with Crippen LogP contribution in [0.25, 0.3) is 0 Å². The maximum absolute atomic E-state index is 9.20. The Balaban J connectivity index is 2.05. The van der Waals surface area contributed by atoms with E-state index in [1.807, 2.05) is 4.68 Å². The van der Waals surface area contributed by atoms with E-state index in [1.54, 1.807) is 7.11 Å². The van der Waals surface area contributed by atoms with Crippen molar-refractivity contribution >= 4 is 0 Å². The van der Waals surface area contributed by atoms with Gasteiger partial charge in [0.05, 0.1) is 31.6 Å². The van der Waals surface area contributed by atoms with Crippen molar-refractivity contribution in [3.63, 3.8) is 0 Å². The molecule has 0 spiro atoms. The number of aliphatic hydroxyl groups is 1. The number of hydrogen-bond donors (Lipinski definition) is 1. The van der Waals surface area contributed by atoms with E-state index in [1.165, 1.54) is 0 Å². The highest BCUT2D eigenvalue weighted by Gasteiger charge is 2.19. The first-order valence-electron chi connectivity index (χ1n) is 5.97. The average Bonchev–Trinajstić information content (AvgIpc) is 2.97. The van der Waals surface area contributed by atoms with Gasteiger partial charge in [0.15, 0.2) is 0 Å². The van der Waals surface area contributed by atoms with Gasteiger partial charge >= 0.3 is 0 Å². The molecule has 1 fully saturated rings. The van der Waals surface area contributed by atoms with Crippen LogP contribution in [0, 0.1) is 0 Å². The van der Waals surface area contributed by atoms with Gasteiger partial charge in [0, 0.05) is 20.1 Å². The summed E-state index contributed by atoms with van der Waals surface area (Å²) in [6.45, 7) is 2.07. The number of methoxy groups -OCH3 is 1. The number of aromatic nitrogens is 3. The monoisotopic (exact) mass is 241 g/mol. The molecule has 0 aliphatic carbocycles. The lowest BCUT2D eigenvalue weighted by atomic mass is 10.2. The van der Waals surface area contributed by atoms with Crippen molar-refractivity contribution in [1.29, 1.82) is 0 Å². The summed E-state index contributed by atoms with van der Waals surface area (Å²) in [6.07, 6.45) is 3.12. The standard InChI is InChI=1S/C11H19N3O3/c1-16-6-4-11-10(8-15)12-13-14(11)7-9-3-2-5-17-9/h9,15H,2-8H2,1H3. The molecule has 1 aliphatic heterocycles. The molecule has 0 amide bonds. The molecule has 6 heteroatoms. The smallest absolute Gasteiger partial charge is 0.111 e. The molecule has 1 aromatic heterocycles. The van der Waals surface area contributed by atoms with Crippen LogP contribution in [0.5, 0.6) is 0 Å². The molecule has 0 bridgehead atoms. The number of aliphatic hydroxyl groups excluding tert-OH is 1. The Morgan fingerprint density at radius 1 is 1.59 bits per heavy atom. The third-order valence-corrected chi connectivity index (χ3v) is 3.01. The van der Waals surface area contributed by atoms with Gasteiger partial charge in [-0.25, -0.2) is 4.68 Å². The minimum atomic E-state index is -0.0788. The van der Waals surface area contributed by atoms with Gasteiger partial charge in [0.1, 0.15) is 5.69 Å². The molecule has 0 radical (unpaired) electrons. The molecule has 17 heavy (non-hydrogen) atoms. The highest BCUT2D eigenvalue weighted by molar-refractivity contribution is 5.09. The second-order valence-electron chi connectivity index (χ2n) is 4.20. The van der Waals surface area contributed by atoms with E-state index in [4.69, 9.17) is 9.47 Å². The second-order valence-corrected chi connectivity index (χ2v) is 4.20. The van der Waals surface area contributed by atoms with Crippen LogP contribution in [0.15, 0.2) is 0 Å². The predicted octanol–water partition coefficient (Wildman–Crippen LogP) is 0.138. The molecule has 1 atom stereocenters. The Morgan fingerprint density at radius 3 is 3.12 bits per heavy atom. The number of ether oxygens (including phenoxy) is 2. The number of hydrogen-bond acceptors (Lipinski definition) is 5. The van der Waals surface area contributed by atoms with Crippen LogP contribution in [-0.2, 0) is 29.0 Å². The molecule has 0 aromatic carbocycles. The van der Waals surface area contributed by atoms with Gasteiger partial charge < -0.3 is 14.6 Å². The zero-order valence-electron chi connectivity index (χ0n) is 10.1. The third-order valence-electron chi connectivity index (χ3n) is 3.01. The fourth-order valence-electron chi connectivity index (χ4n) is 2.09. The first kappa shape index (κ1) is 12.5. The minimum absolute atomic E-state index is 0.0788. The van der Waals surface area contributed by atoms with E-state index in [0.717, 1.165) is 25.1 Å². The van der Waals surface area contributed by atoms with E-state index in [0.29, 0.717) is 25.3 Å². The molecule has 1 saturated heterocycles. The van der Waals surface area contributed by atoms with Gasteiger partial charge in [0.2, 0.25) is 0 Å². The fraction of sp³-hybridized carbons (Fsp3) is 0.818. The maximum atomic E-state index is 9.20. The summed E-state index contributed by atoms with van der Waals surface area (Å²) in [6, 6.07) is 0. The summed E-state index contributed by atoms with van der Waals surface area (Å²) in [7, 11) is 1.66. The highest BCUT2D eigenvalue weighted by atomic mass is 16.5. The van der Waals surface area contributed by atoms with Crippen LogP contribution >= 0.6 is 0 Å². The molecule has 1 aromatic rings.